The average Bonchev–Trinajstić information content (AvgIpc) is 2.28. The highest BCUT2D eigenvalue weighted by Gasteiger charge is 2.00. The predicted molar refractivity (Wildman–Crippen MR) is 68.5 cm³/mol. The van der Waals surface area contributed by atoms with Crippen LogP contribution >= 0.6 is 11.8 Å². The Morgan fingerprint density at radius 1 is 1.40 bits per heavy atom. The van der Waals surface area contributed by atoms with Gasteiger partial charge < -0.3 is 11.5 Å². The van der Waals surface area contributed by atoms with Crippen LogP contribution in [-0.4, -0.2) is 11.4 Å². The molecule has 0 saturated heterocycles. The Morgan fingerprint density at radius 2 is 2.13 bits per heavy atom. The number of thioether (sulfide) groups is 1. The highest BCUT2D eigenvalue weighted by Crippen LogP contribution is 2.19. The van der Waals surface area contributed by atoms with Crippen molar-refractivity contribution in [2.75, 3.05) is 6.26 Å². The number of hydrogen-bond donors (Lipinski definition) is 2. The van der Waals surface area contributed by atoms with Crippen LogP contribution in [0.15, 0.2) is 23.2 Å². The van der Waals surface area contributed by atoms with Crippen molar-refractivity contribution in [1.82, 2.24) is 0 Å². The third kappa shape index (κ3) is 3.25. The molecule has 1 rings (SSSR count). The van der Waals surface area contributed by atoms with Crippen molar-refractivity contribution >= 4 is 22.6 Å². The monoisotopic (exact) mass is 223 g/mol. The molecule has 0 atom stereocenters. The van der Waals surface area contributed by atoms with Gasteiger partial charge in [-0.2, -0.15) is 0 Å². The van der Waals surface area contributed by atoms with E-state index in [0.717, 1.165) is 17.7 Å². The number of aliphatic imine (C=N–C) groups is 1. The Bertz CT molecular complexity index is 361. The van der Waals surface area contributed by atoms with Crippen LogP contribution in [0.25, 0.3) is 0 Å². The number of aryl methyl sites for hydroxylation is 1. The fraction of sp³-hybridized carbons (Fsp3) is 0.364. The Morgan fingerprint density at radius 3 is 2.67 bits per heavy atom. The molecule has 0 spiro atoms. The van der Waals surface area contributed by atoms with Gasteiger partial charge in [0, 0.05) is 6.54 Å². The number of rotatable bonds is 3. The Balaban J connectivity index is 3.03. The van der Waals surface area contributed by atoms with Crippen molar-refractivity contribution < 1.29 is 0 Å². The van der Waals surface area contributed by atoms with E-state index in [2.05, 4.69) is 18.0 Å². The van der Waals surface area contributed by atoms with Gasteiger partial charge in [-0.25, -0.2) is 4.99 Å². The minimum Gasteiger partial charge on any atom is -0.378 e. The lowest BCUT2D eigenvalue weighted by molar-refractivity contribution is 1.00. The molecule has 0 aromatic heterocycles. The molecule has 0 bridgehead atoms. The lowest BCUT2D eigenvalue weighted by Gasteiger charge is -2.06. The molecule has 0 heterocycles. The molecule has 0 unspecified atom stereocenters. The highest BCUT2D eigenvalue weighted by molar-refractivity contribution is 8.13. The molecular weight excluding hydrogens is 206 g/mol. The van der Waals surface area contributed by atoms with E-state index in [1.165, 1.54) is 17.3 Å². The van der Waals surface area contributed by atoms with Crippen LogP contribution in [0, 0.1) is 0 Å². The van der Waals surface area contributed by atoms with Gasteiger partial charge in [0.2, 0.25) is 0 Å². The SMILES string of the molecule is CCc1ccc(N=C(N)SC)cc1CN. The standard InChI is InChI=1S/C11H17N3S/c1-3-8-4-5-10(6-9(8)7-12)14-11(13)15-2/h4-6H,3,7,12H2,1-2H3,(H2,13,14). The second-order valence-corrected chi connectivity index (χ2v) is 3.99. The summed E-state index contributed by atoms with van der Waals surface area (Å²) >= 11 is 1.44. The summed E-state index contributed by atoms with van der Waals surface area (Å²) in [5.41, 5.74) is 14.6. The fourth-order valence-electron chi connectivity index (χ4n) is 1.39. The number of amidine groups is 1. The molecule has 0 radical (unpaired) electrons. The zero-order valence-electron chi connectivity index (χ0n) is 9.16. The maximum Gasteiger partial charge on any atom is 0.158 e. The summed E-state index contributed by atoms with van der Waals surface area (Å²) in [4.78, 5) is 4.26. The zero-order valence-corrected chi connectivity index (χ0v) is 9.97. The van der Waals surface area contributed by atoms with Crippen LogP contribution in [0.2, 0.25) is 0 Å². The van der Waals surface area contributed by atoms with E-state index in [1.54, 1.807) is 0 Å². The van der Waals surface area contributed by atoms with Gasteiger partial charge >= 0.3 is 0 Å². The van der Waals surface area contributed by atoms with E-state index in [1.807, 2.05) is 18.4 Å². The summed E-state index contributed by atoms with van der Waals surface area (Å²) in [6, 6.07) is 6.04. The van der Waals surface area contributed by atoms with E-state index >= 15 is 0 Å². The average molecular weight is 223 g/mol. The molecule has 82 valence electrons. The molecule has 1 aromatic rings. The Hall–Kier alpha value is -1.00. The van der Waals surface area contributed by atoms with Gasteiger partial charge in [-0.15, -0.1) is 0 Å². The predicted octanol–water partition coefficient (Wildman–Crippen LogP) is 2.02. The molecule has 1 aromatic carbocycles. The van der Waals surface area contributed by atoms with Crippen molar-refractivity contribution in [2.45, 2.75) is 19.9 Å². The molecule has 15 heavy (non-hydrogen) atoms. The van der Waals surface area contributed by atoms with E-state index in [4.69, 9.17) is 11.5 Å². The molecule has 0 aliphatic rings. The van der Waals surface area contributed by atoms with Crippen LogP contribution in [-0.2, 0) is 13.0 Å². The topological polar surface area (TPSA) is 64.4 Å². The molecule has 0 saturated carbocycles. The quantitative estimate of drug-likeness (QED) is 0.608. The fourth-order valence-corrected chi connectivity index (χ4v) is 1.59. The summed E-state index contributed by atoms with van der Waals surface area (Å²) in [7, 11) is 0. The van der Waals surface area contributed by atoms with Crippen molar-refractivity contribution in [3.05, 3.63) is 29.3 Å². The van der Waals surface area contributed by atoms with Crippen molar-refractivity contribution in [3.8, 4) is 0 Å². The van der Waals surface area contributed by atoms with Crippen molar-refractivity contribution in [3.63, 3.8) is 0 Å². The van der Waals surface area contributed by atoms with Gasteiger partial charge in [0.15, 0.2) is 5.17 Å². The van der Waals surface area contributed by atoms with Gasteiger partial charge in [0.1, 0.15) is 0 Å². The number of hydrogen-bond acceptors (Lipinski definition) is 3. The third-order valence-corrected chi connectivity index (χ3v) is 2.75. The summed E-state index contributed by atoms with van der Waals surface area (Å²) in [6.07, 6.45) is 2.90. The first-order valence-electron chi connectivity index (χ1n) is 4.91. The van der Waals surface area contributed by atoms with Crippen LogP contribution in [0.1, 0.15) is 18.1 Å². The first-order chi connectivity index (χ1) is 7.21. The first-order valence-corrected chi connectivity index (χ1v) is 6.13. The summed E-state index contributed by atoms with van der Waals surface area (Å²) in [5, 5.41) is 0.571. The lowest BCUT2D eigenvalue weighted by atomic mass is 10.0. The normalized spacial score (nSPS) is 11.8. The Kier molecular flexibility index (Phi) is 4.65. The second kappa shape index (κ2) is 5.78. The summed E-state index contributed by atoms with van der Waals surface area (Å²) in [6.45, 7) is 2.67. The number of benzene rings is 1. The zero-order chi connectivity index (χ0) is 11.3. The molecule has 0 aliphatic heterocycles. The van der Waals surface area contributed by atoms with Crippen LogP contribution in [0.4, 0.5) is 5.69 Å². The molecular formula is C11H17N3S. The largest absolute Gasteiger partial charge is 0.378 e. The third-order valence-electron chi connectivity index (χ3n) is 2.24. The second-order valence-electron chi connectivity index (χ2n) is 3.16. The smallest absolute Gasteiger partial charge is 0.158 e. The first kappa shape index (κ1) is 12.1. The molecule has 4 N–H and O–H groups in total. The minimum absolute atomic E-state index is 0.547. The van der Waals surface area contributed by atoms with Gasteiger partial charge in [-0.05, 0) is 35.9 Å². The van der Waals surface area contributed by atoms with Crippen LogP contribution < -0.4 is 11.5 Å². The highest BCUT2D eigenvalue weighted by atomic mass is 32.2. The van der Waals surface area contributed by atoms with Gasteiger partial charge in [-0.3, -0.25) is 0 Å². The van der Waals surface area contributed by atoms with E-state index < -0.39 is 0 Å². The van der Waals surface area contributed by atoms with Crippen molar-refractivity contribution in [2.24, 2.45) is 16.5 Å². The van der Waals surface area contributed by atoms with Gasteiger partial charge in [0.25, 0.3) is 0 Å². The van der Waals surface area contributed by atoms with Crippen molar-refractivity contribution in [1.29, 1.82) is 0 Å². The van der Waals surface area contributed by atoms with Crippen LogP contribution in [0.5, 0.6) is 0 Å². The Labute approximate surface area is 95.0 Å². The molecule has 0 aliphatic carbocycles. The molecule has 0 fully saturated rings. The number of nitrogens with zero attached hydrogens (tertiary/aromatic N) is 1. The molecule has 3 nitrogen and oxygen atoms in total. The van der Waals surface area contributed by atoms with E-state index in [9.17, 15) is 0 Å². The molecule has 0 amide bonds. The van der Waals surface area contributed by atoms with Gasteiger partial charge in [0.05, 0.1) is 5.69 Å². The van der Waals surface area contributed by atoms with E-state index in [-0.39, 0.29) is 0 Å². The van der Waals surface area contributed by atoms with E-state index in [0.29, 0.717) is 11.7 Å². The summed E-state index contributed by atoms with van der Waals surface area (Å²) in [5.74, 6) is 0. The summed E-state index contributed by atoms with van der Waals surface area (Å²) < 4.78 is 0. The maximum atomic E-state index is 5.67. The molecule has 4 heteroatoms. The maximum absolute atomic E-state index is 5.67. The lowest BCUT2D eigenvalue weighted by Crippen LogP contribution is -2.05. The van der Waals surface area contributed by atoms with Gasteiger partial charge in [-0.1, -0.05) is 24.8 Å². The number of nitrogens with two attached hydrogens (primary N) is 2. The van der Waals surface area contributed by atoms with Crippen LogP contribution in [0.3, 0.4) is 0 Å². The minimum atomic E-state index is 0.547.